The van der Waals surface area contributed by atoms with Gasteiger partial charge in [0.25, 0.3) is 0 Å². The summed E-state index contributed by atoms with van der Waals surface area (Å²) in [6.07, 6.45) is 0. The van der Waals surface area contributed by atoms with Crippen molar-refractivity contribution < 1.29 is 27.1 Å². The predicted molar refractivity (Wildman–Crippen MR) is 121 cm³/mol. The smallest absolute Gasteiger partial charge is 0.243 e. The molecule has 2 aromatic rings. The third-order valence-corrected chi connectivity index (χ3v) is 8.06. The Labute approximate surface area is 191 Å². The minimum Gasteiger partial charge on any atom is -0.496 e. The number of methoxy groups -OCH3 is 1. The Balaban J connectivity index is 1.53. The Morgan fingerprint density at radius 3 is 2.44 bits per heavy atom. The Kier molecular flexibility index (Phi) is 7.91. The summed E-state index contributed by atoms with van der Waals surface area (Å²) >= 11 is 1.41. The molecule has 0 saturated carbocycles. The first-order chi connectivity index (χ1) is 15.2. The number of benzene rings is 2. The molecule has 0 N–H and O–H groups in total. The van der Waals surface area contributed by atoms with Gasteiger partial charge in [-0.3, -0.25) is 9.59 Å². The van der Waals surface area contributed by atoms with Crippen molar-refractivity contribution in [3.05, 3.63) is 59.4 Å². The maximum absolute atomic E-state index is 13.4. The van der Waals surface area contributed by atoms with Crippen LogP contribution in [0.4, 0.5) is 4.39 Å². The van der Waals surface area contributed by atoms with Crippen LogP contribution in [0.3, 0.4) is 0 Å². The Morgan fingerprint density at radius 1 is 1.09 bits per heavy atom. The van der Waals surface area contributed by atoms with Gasteiger partial charge in [-0.2, -0.15) is 4.31 Å². The second-order valence-electron chi connectivity index (χ2n) is 7.32. The Morgan fingerprint density at radius 2 is 1.81 bits per heavy atom. The molecule has 0 aliphatic carbocycles. The average molecular weight is 481 g/mol. The fourth-order valence-electron chi connectivity index (χ4n) is 3.40. The van der Waals surface area contributed by atoms with Crippen molar-refractivity contribution in [3.63, 3.8) is 0 Å². The van der Waals surface area contributed by atoms with Gasteiger partial charge in [0, 0.05) is 43.1 Å². The first-order valence-electron chi connectivity index (χ1n) is 10.0. The molecule has 0 atom stereocenters. The van der Waals surface area contributed by atoms with Gasteiger partial charge in [0.2, 0.25) is 15.9 Å². The number of ether oxygens (including phenoxy) is 1. The summed E-state index contributed by atoms with van der Waals surface area (Å²) < 4.78 is 45.4. The van der Waals surface area contributed by atoms with Crippen LogP contribution in [0.2, 0.25) is 0 Å². The summed E-state index contributed by atoms with van der Waals surface area (Å²) in [7, 11) is -2.24. The number of rotatable bonds is 8. The molecule has 1 fully saturated rings. The molecule has 7 nitrogen and oxygen atoms in total. The Hall–Kier alpha value is -2.43. The number of carbonyl (C=O) groups is 2. The van der Waals surface area contributed by atoms with Gasteiger partial charge in [-0.25, -0.2) is 12.8 Å². The van der Waals surface area contributed by atoms with Crippen molar-refractivity contribution in [1.29, 1.82) is 0 Å². The molecule has 0 radical (unpaired) electrons. The Bertz CT molecular complexity index is 1100. The van der Waals surface area contributed by atoms with Gasteiger partial charge in [0.15, 0.2) is 5.78 Å². The number of halogens is 1. The largest absolute Gasteiger partial charge is 0.496 e. The zero-order valence-electron chi connectivity index (χ0n) is 17.9. The molecule has 1 amide bonds. The lowest BCUT2D eigenvalue weighted by molar-refractivity contribution is -0.129. The maximum Gasteiger partial charge on any atom is 0.243 e. The minimum absolute atomic E-state index is 0.0407. The van der Waals surface area contributed by atoms with E-state index in [2.05, 4.69) is 0 Å². The molecule has 0 spiro atoms. The summed E-state index contributed by atoms with van der Waals surface area (Å²) in [4.78, 5) is 25.8. The number of Topliss-reactive ketones (excluding diaryl/α,β-unsaturated/α-hetero) is 1. The van der Waals surface area contributed by atoms with Gasteiger partial charge >= 0.3 is 0 Å². The predicted octanol–water partition coefficient (Wildman–Crippen LogP) is 2.80. The summed E-state index contributed by atoms with van der Waals surface area (Å²) in [5.74, 6) is 0.655. The van der Waals surface area contributed by atoms with Crippen LogP contribution < -0.4 is 4.74 Å². The monoisotopic (exact) mass is 480 g/mol. The van der Waals surface area contributed by atoms with Crippen LogP contribution in [0.15, 0.2) is 47.4 Å². The number of nitrogens with zero attached hydrogens (tertiary/aromatic N) is 2. The van der Waals surface area contributed by atoms with Gasteiger partial charge in [0.05, 0.1) is 17.8 Å². The van der Waals surface area contributed by atoms with Crippen LogP contribution in [-0.4, -0.2) is 68.4 Å². The molecule has 0 aromatic heterocycles. The number of thioether (sulfide) groups is 1. The summed E-state index contributed by atoms with van der Waals surface area (Å²) in [6, 6.07) is 10.1. The van der Waals surface area contributed by atoms with E-state index < -0.39 is 15.8 Å². The molecule has 2 aromatic carbocycles. The number of ketones is 1. The van der Waals surface area contributed by atoms with Crippen LogP contribution in [0.1, 0.15) is 22.8 Å². The summed E-state index contributed by atoms with van der Waals surface area (Å²) in [6.45, 7) is 2.36. The van der Waals surface area contributed by atoms with E-state index in [9.17, 15) is 22.4 Å². The van der Waals surface area contributed by atoms with E-state index in [1.54, 1.807) is 30.2 Å². The lowest BCUT2D eigenvalue weighted by atomic mass is 10.1. The minimum atomic E-state index is -3.80. The lowest BCUT2D eigenvalue weighted by Gasteiger charge is -2.34. The highest BCUT2D eigenvalue weighted by atomic mass is 32.2. The fourth-order valence-corrected chi connectivity index (χ4v) is 5.76. The van der Waals surface area contributed by atoms with Crippen molar-refractivity contribution in [2.24, 2.45) is 0 Å². The number of carbonyl (C=O) groups excluding carboxylic acids is 2. The lowest BCUT2D eigenvalue weighted by Crippen LogP contribution is -2.51. The first kappa shape index (κ1) is 24.2. The van der Waals surface area contributed by atoms with Crippen molar-refractivity contribution in [3.8, 4) is 5.75 Å². The molecule has 10 heteroatoms. The molecule has 1 aliphatic heterocycles. The van der Waals surface area contributed by atoms with Crippen LogP contribution >= 0.6 is 11.8 Å². The zero-order valence-corrected chi connectivity index (χ0v) is 19.5. The molecule has 172 valence electrons. The number of amides is 1. The third kappa shape index (κ3) is 5.67. The van der Waals surface area contributed by atoms with E-state index in [1.165, 1.54) is 41.2 Å². The second-order valence-corrected chi connectivity index (χ2v) is 10.2. The highest BCUT2D eigenvalue weighted by Crippen LogP contribution is 2.25. The van der Waals surface area contributed by atoms with Gasteiger partial charge in [-0.15, -0.1) is 11.8 Å². The SMILES string of the molecule is COc1ccc(C(C)=O)cc1CSCC(=O)N1CCN(S(=O)(=O)c2cccc(F)c2)CC1. The molecule has 0 bridgehead atoms. The zero-order chi connectivity index (χ0) is 23.3. The third-order valence-electron chi connectivity index (χ3n) is 5.20. The van der Waals surface area contributed by atoms with Crippen LogP contribution in [0.25, 0.3) is 0 Å². The summed E-state index contributed by atoms with van der Waals surface area (Å²) in [5.41, 5.74) is 1.42. The molecule has 1 aliphatic rings. The maximum atomic E-state index is 13.4. The second kappa shape index (κ2) is 10.5. The van der Waals surface area contributed by atoms with Crippen LogP contribution in [-0.2, 0) is 20.6 Å². The normalized spacial score (nSPS) is 14.9. The molecule has 32 heavy (non-hydrogen) atoms. The number of sulfonamides is 1. The average Bonchev–Trinajstić information content (AvgIpc) is 2.79. The molecule has 0 unspecified atom stereocenters. The topological polar surface area (TPSA) is 84.0 Å². The number of hydrogen-bond acceptors (Lipinski definition) is 6. The number of piperazine rings is 1. The van der Waals surface area contributed by atoms with Crippen molar-refractivity contribution in [2.45, 2.75) is 17.6 Å². The van der Waals surface area contributed by atoms with Crippen molar-refractivity contribution in [1.82, 2.24) is 9.21 Å². The molecular weight excluding hydrogens is 455 g/mol. The molecule has 3 rings (SSSR count). The van der Waals surface area contributed by atoms with Crippen LogP contribution in [0.5, 0.6) is 5.75 Å². The van der Waals surface area contributed by atoms with Crippen molar-refractivity contribution in [2.75, 3.05) is 39.0 Å². The van der Waals surface area contributed by atoms with Gasteiger partial charge < -0.3 is 9.64 Å². The quantitative estimate of drug-likeness (QED) is 0.541. The molecular formula is C22H25FN2O5S2. The first-order valence-corrected chi connectivity index (χ1v) is 12.6. The fraction of sp³-hybridized carbons (Fsp3) is 0.364. The molecule has 1 heterocycles. The van der Waals surface area contributed by atoms with Gasteiger partial charge in [-0.05, 0) is 43.3 Å². The van der Waals surface area contributed by atoms with E-state index in [0.717, 1.165) is 11.6 Å². The van der Waals surface area contributed by atoms with E-state index in [-0.39, 0.29) is 48.5 Å². The summed E-state index contributed by atoms with van der Waals surface area (Å²) in [5, 5.41) is 0. The van der Waals surface area contributed by atoms with Gasteiger partial charge in [0.1, 0.15) is 11.6 Å². The van der Waals surface area contributed by atoms with Crippen molar-refractivity contribution >= 4 is 33.5 Å². The van der Waals surface area contributed by atoms with E-state index >= 15 is 0 Å². The van der Waals surface area contributed by atoms with E-state index in [1.807, 2.05) is 0 Å². The van der Waals surface area contributed by atoms with Gasteiger partial charge in [-0.1, -0.05) is 6.07 Å². The standard InChI is InChI=1S/C22H25FN2O5S2/c1-16(26)17-6-7-21(30-2)18(12-17)14-31-15-22(27)24-8-10-25(11-9-24)32(28,29)20-5-3-4-19(23)13-20/h3-7,12-13H,8-11,14-15H2,1-2H3. The highest BCUT2D eigenvalue weighted by molar-refractivity contribution is 7.99. The highest BCUT2D eigenvalue weighted by Gasteiger charge is 2.30. The van der Waals surface area contributed by atoms with E-state index in [0.29, 0.717) is 17.1 Å². The van der Waals surface area contributed by atoms with E-state index in [4.69, 9.17) is 4.74 Å². The molecule has 1 saturated heterocycles. The number of hydrogen-bond donors (Lipinski definition) is 0. The van der Waals surface area contributed by atoms with Crippen LogP contribution in [0, 0.1) is 5.82 Å².